The largest absolute Gasteiger partial charge is 0.326 e. The maximum atomic E-state index is 13.3. The molecule has 13 heteroatoms. The van der Waals surface area contributed by atoms with Crippen LogP contribution in [0.4, 0.5) is 20.6 Å². The Hall–Kier alpha value is -3.09. The summed E-state index contributed by atoms with van der Waals surface area (Å²) in [5.41, 5.74) is -0.933. The molecule has 0 radical (unpaired) electrons. The number of carbonyl (C=O) groups is 3. The van der Waals surface area contributed by atoms with Crippen molar-refractivity contribution in [1.82, 2.24) is 10.2 Å². The molecule has 1 aliphatic rings. The first-order chi connectivity index (χ1) is 12.5. The van der Waals surface area contributed by atoms with Crippen LogP contribution >= 0.6 is 0 Å². The molecule has 4 amide bonds. The lowest BCUT2D eigenvalue weighted by Crippen LogP contribution is -2.38. The first kappa shape index (κ1) is 20.2. The number of nitrogens with one attached hydrogen (secondary N) is 2. The highest BCUT2D eigenvalue weighted by Crippen LogP contribution is 2.21. The molecule has 0 aromatic heterocycles. The minimum Gasteiger partial charge on any atom is -0.326 e. The van der Waals surface area contributed by atoms with Crippen LogP contribution < -0.4 is 10.6 Å². The van der Waals surface area contributed by atoms with Gasteiger partial charge in [0.2, 0.25) is 11.7 Å². The number of carbonyl (C=O) groups excluding carboxylic acids is 3. The Balaban J connectivity index is 2.01. The van der Waals surface area contributed by atoms with E-state index in [-0.39, 0.29) is 17.9 Å². The second-order valence-corrected chi connectivity index (χ2v) is 8.08. The summed E-state index contributed by atoms with van der Waals surface area (Å²) >= 11 is 0. The Morgan fingerprint density at radius 3 is 2.67 bits per heavy atom. The number of anilines is 1. The van der Waals surface area contributed by atoms with E-state index in [0.717, 1.165) is 24.5 Å². The number of urea groups is 1. The second kappa shape index (κ2) is 7.65. The predicted molar refractivity (Wildman–Crippen MR) is 90.0 cm³/mol. The van der Waals surface area contributed by atoms with Gasteiger partial charge in [0, 0.05) is 18.0 Å². The lowest BCUT2D eigenvalue weighted by Gasteiger charge is -2.13. The van der Waals surface area contributed by atoms with Gasteiger partial charge in [-0.3, -0.25) is 24.6 Å². The van der Waals surface area contributed by atoms with E-state index in [1.165, 1.54) is 0 Å². The summed E-state index contributed by atoms with van der Waals surface area (Å²) in [5, 5.41) is 15.2. The van der Waals surface area contributed by atoms with Crippen LogP contribution in [0, 0.1) is 15.9 Å². The molecule has 2 N–H and O–H groups in total. The summed E-state index contributed by atoms with van der Waals surface area (Å²) in [6.07, 6.45) is 0.854. The van der Waals surface area contributed by atoms with Crippen molar-refractivity contribution in [2.24, 2.45) is 0 Å². The smallest absolute Gasteiger partial charge is 0.325 e. The van der Waals surface area contributed by atoms with Crippen LogP contribution in [-0.2, 0) is 19.4 Å². The highest BCUT2D eigenvalue weighted by molar-refractivity contribution is 7.90. The topological polar surface area (TPSA) is 156 Å². The summed E-state index contributed by atoms with van der Waals surface area (Å²) in [6.45, 7) is -0.689. The highest BCUT2D eigenvalue weighted by atomic mass is 32.2. The molecule has 11 nitrogen and oxygen atoms in total. The first-order valence-electron chi connectivity index (χ1n) is 7.51. The standard InChI is InChI=1S/C14H15FN4O7S/c1-27(25,26)5-4-10-13(21)18(14(22)17-10)7-12(20)16-8-2-3-9(15)11(6-8)19(23)24/h2-3,6,10H,4-5,7H2,1H3,(H,16,20)(H,17,22)/t10-/m0/s1. The van der Waals surface area contributed by atoms with Crippen LogP contribution in [0.2, 0.25) is 0 Å². The number of halogens is 1. The van der Waals surface area contributed by atoms with E-state index in [9.17, 15) is 37.3 Å². The van der Waals surface area contributed by atoms with Crippen LogP contribution in [0.1, 0.15) is 6.42 Å². The number of nitro benzene ring substituents is 1. The van der Waals surface area contributed by atoms with E-state index >= 15 is 0 Å². The molecule has 27 heavy (non-hydrogen) atoms. The summed E-state index contributed by atoms with van der Waals surface area (Å²) < 4.78 is 35.6. The lowest BCUT2D eigenvalue weighted by molar-refractivity contribution is -0.387. The van der Waals surface area contributed by atoms with Crippen molar-refractivity contribution < 1.29 is 32.1 Å². The van der Waals surface area contributed by atoms with Crippen LogP contribution in [0.15, 0.2) is 18.2 Å². The maximum Gasteiger partial charge on any atom is 0.325 e. The molecule has 1 atom stereocenters. The number of amides is 4. The number of hydrogen-bond acceptors (Lipinski definition) is 7. The van der Waals surface area contributed by atoms with E-state index < -0.39 is 56.7 Å². The van der Waals surface area contributed by atoms with Gasteiger partial charge in [-0.2, -0.15) is 4.39 Å². The van der Waals surface area contributed by atoms with Gasteiger partial charge in [0.05, 0.1) is 10.7 Å². The zero-order valence-electron chi connectivity index (χ0n) is 14.0. The van der Waals surface area contributed by atoms with Crippen molar-refractivity contribution in [3.8, 4) is 0 Å². The second-order valence-electron chi connectivity index (χ2n) is 5.82. The number of nitro groups is 1. The van der Waals surface area contributed by atoms with Gasteiger partial charge in [-0.1, -0.05) is 0 Å². The van der Waals surface area contributed by atoms with Gasteiger partial charge >= 0.3 is 11.7 Å². The van der Waals surface area contributed by atoms with Crippen LogP contribution in [0.25, 0.3) is 0 Å². The summed E-state index contributed by atoms with van der Waals surface area (Å²) in [7, 11) is -3.34. The van der Waals surface area contributed by atoms with Crippen molar-refractivity contribution >= 4 is 39.1 Å². The van der Waals surface area contributed by atoms with E-state index in [0.29, 0.717) is 4.90 Å². The number of sulfone groups is 1. The Bertz CT molecular complexity index is 918. The van der Waals surface area contributed by atoms with Gasteiger partial charge in [-0.25, -0.2) is 13.2 Å². The molecule has 1 aromatic rings. The molecule has 0 spiro atoms. The van der Waals surface area contributed by atoms with Gasteiger partial charge in [0.25, 0.3) is 5.91 Å². The van der Waals surface area contributed by atoms with E-state index in [1.54, 1.807) is 0 Å². The molecule has 0 bridgehead atoms. The molecule has 1 saturated heterocycles. The summed E-state index contributed by atoms with van der Waals surface area (Å²) in [5.74, 6) is -3.00. The molecule has 1 fully saturated rings. The third-order valence-corrected chi connectivity index (χ3v) is 4.59. The first-order valence-corrected chi connectivity index (χ1v) is 9.57. The summed E-state index contributed by atoms with van der Waals surface area (Å²) in [4.78, 5) is 46.3. The molecule has 1 heterocycles. The quantitative estimate of drug-likeness (QED) is 0.370. The fourth-order valence-corrected chi connectivity index (χ4v) is 2.99. The fraction of sp³-hybridized carbons (Fsp3) is 0.357. The van der Waals surface area contributed by atoms with Crippen molar-refractivity contribution in [3.05, 3.63) is 34.1 Å². The van der Waals surface area contributed by atoms with Crippen LogP contribution in [0.5, 0.6) is 0 Å². The molecule has 1 aliphatic heterocycles. The zero-order valence-corrected chi connectivity index (χ0v) is 14.8. The van der Waals surface area contributed by atoms with Crippen molar-refractivity contribution in [2.45, 2.75) is 12.5 Å². The Morgan fingerprint density at radius 1 is 1.41 bits per heavy atom. The van der Waals surface area contributed by atoms with Crippen molar-refractivity contribution in [1.29, 1.82) is 0 Å². The molecular formula is C14H15FN4O7S. The minimum atomic E-state index is -3.34. The van der Waals surface area contributed by atoms with E-state index in [1.807, 2.05) is 0 Å². The molecule has 0 unspecified atom stereocenters. The van der Waals surface area contributed by atoms with E-state index in [2.05, 4.69) is 10.6 Å². The van der Waals surface area contributed by atoms with Crippen molar-refractivity contribution in [2.75, 3.05) is 23.9 Å². The average Bonchev–Trinajstić information content (AvgIpc) is 2.81. The Kier molecular flexibility index (Phi) is 5.73. The maximum absolute atomic E-state index is 13.3. The molecule has 0 aliphatic carbocycles. The average molecular weight is 402 g/mol. The fourth-order valence-electron chi connectivity index (χ4n) is 2.33. The van der Waals surface area contributed by atoms with Gasteiger partial charge in [-0.05, 0) is 18.6 Å². The Morgan fingerprint density at radius 2 is 2.07 bits per heavy atom. The van der Waals surface area contributed by atoms with E-state index in [4.69, 9.17) is 0 Å². The Labute approximate surface area is 152 Å². The lowest BCUT2D eigenvalue weighted by atomic mass is 10.2. The number of nitrogens with zero attached hydrogens (tertiary/aromatic N) is 2. The molecular weight excluding hydrogens is 387 g/mol. The molecule has 146 valence electrons. The number of hydrogen-bond donors (Lipinski definition) is 2. The number of benzene rings is 1. The summed E-state index contributed by atoms with van der Waals surface area (Å²) in [6, 6.07) is 0.753. The number of rotatable bonds is 7. The van der Waals surface area contributed by atoms with Crippen LogP contribution in [-0.4, -0.2) is 60.7 Å². The van der Waals surface area contributed by atoms with Gasteiger partial charge < -0.3 is 10.6 Å². The molecule has 2 rings (SSSR count). The number of imide groups is 1. The predicted octanol–water partition coefficient (Wildman–Crippen LogP) is 0.0275. The van der Waals surface area contributed by atoms with Gasteiger partial charge in [0.1, 0.15) is 22.4 Å². The monoisotopic (exact) mass is 402 g/mol. The van der Waals surface area contributed by atoms with Gasteiger partial charge in [-0.15, -0.1) is 0 Å². The zero-order chi connectivity index (χ0) is 20.4. The highest BCUT2D eigenvalue weighted by Gasteiger charge is 2.39. The third-order valence-electron chi connectivity index (χ3n) is 3.61. The molecule has 1 aromatic carbocycles. The minimum absolute atomic E-state index is 0.0891. The SMILES string of the molecule is CS(=O)(=O)CC[C@@H]1NC(=O)N(CC(=O)Nc2ccc(F)c([N+](=O)[O-])c2)C1=O. The normalized spacial score (nSPS) is 17.0. The molecule has 0 saturated carbocycles. The van der Waals surface area contributed by atoms with Crippen molar-refractivity contribution in [3.63, 3.8) is 0 Å². The van der Waals surface area contributed by atoms with Crippen LogP contribution in [0.3, 0.4) is 0 Å². The van der Waals surface area contributed by atoms with Gasteiger partial charge in [0.15, 0.2) is 0 Å². The third kappa shape index (κ3) is 5.20.